The first-order valence-corrected chi connectivity index (χ1v) is 7.27. The van der Waals surface area contributed by atoms with Crippen LogP contribution in [0.5, 0.6) is 0 Å². The molecule has 5 nitrogen and oxygen atoms in total. The molecule has 2 aromatic heterocycles. The van der Waals surface area contributed by atoms with E-state index in [0.717, 1.165) is 35.6 Å². The third kappa shape index (κ3) is 2.82. The van der Waals surface area contributed by atoms with Crippen LogP contribution in [-0.2, 0) is 13.0 Å². The van der Waals surface area contributed by atoms with Crippen molar-refractivity contribution < 1.29 is 9.90 Å². The molecule has 1 N–H and O–H groups in total. The van der Waals surface area contributed by atoms with E-state index < -0.39 is 5.97 Å². The Morgan fingerprint density at radius 2 is 2.00 bits per heavy atom. The Balaban J connectivity index is 2.57. The lowest BCUT2D eigenvalue weighted by Crippen LogP contribution is -2.06. The number of hydrogen-bond acceptors (Lipinski definition) is 3. The Labute approximate surface area is 124 Å². The molecule has 0 spiro atoms. The van der Waals surface area contributed by atoms with Crippen molar-refractivity contribution in [1.29, 1.82) is 0 Å². The Bertz CT molecular complexity index is 674. The largest absolute Gasteiger partial charge is 0.478 e. The van der Waals surface area contributed by atoms with Gasteiger partial charge in [-0.05, 0) is 39.3 Å². The summed E-state index contributed by atoms with van der Waals surface area (Å²) in [6.07, 6.45) is 1.53. The highest BCUT2D eigenvalue weighted by molar-refractivity contribution is 5.89. The van der Waals surface area contributed by atoms with Crippen molar-refractivity contribution in [3.05, 3.63) is 34.8 Å². The molecule has 0 saturated heterocycles. The summed E-state index contributed by atoms with van der Waals surface area (Å²) < 4.78 is 1.94. The molecule has 0 unspecified atom stereocenters. The topological polar surface area (TPSA) is 68.0 Å². The van der Waals surface area contributed by atoms with Crippen molar-refractivity contribution >= 4 is 5.97 Å². The summed E-state index contributed by atoms with van der Waals surface area (Å²) in [5.74, 6) is -0.921. The lowest BCUT2D eigenvalue weighted by atomic mass is 10.0. The van der Waals surface area contributed by atoms with E-state index in [1.807, 2.05) is 32.4 Å². The minimum Gasteiger partial charge on any atom is -0.478 e. The van der Waals surface area contributed by atoms with Gasteiger partial charge in [0.05, 0.1) is 22.6 Å². The molecule has 0 aromatic carbocycles. The Kier molecular flexibility index (Phi) is 4.40. The molecule has 0 saturated carbocycles. The van der Waals surface area contributed by atoms with Crippen LogP contribution in [0.4, 0.5) is 0 Å². The first kappa shape index (κ1) is 15.2. The van der Waals surface area contributed by atoms with Crippen LogP contribution in [0.15, 0.2) is 12.1 Å². The maximum atomic E-state index is 11.3. The van der Waals surface area contributed by atoms with Gasteiger partial charge < -0.3 is 5.11 Å². The molecular formula is C16H21N3O2. The summed E-state index contributed by atoms with van der Waals surface area (Å²) in [4.78, 5) is 15.9. The fourth-order valence-corrected chi connectivity index (χ4v) is 2.64. The van der Waals surface area contributed by atoms with Crippen LogP contribution in [0.1, 0.15) is 47.7 Å². The van der Waals surface area contributed by atoms with Crippen molar-refractivity contribution in [2.45, 2.75) is 47.1 Å². The Morgan fingerprint density at radius 1 is 1.29 bits per heavy atom. The van der Waals surface area contributed by atoms with Gasteiger partial charge in [-0.25, -0.2) is 4.79 Å². The second-order valence-corrected chi connectivity index (χ2v) is 5.11. The highest BCUT2D eigenvalue weighted by Crippen LogP contribution is 2.26. The summed E-state index contributed by atoms with van der Waals surface area (Å²) >= 11 is 0. The quantitative estimate of drug-likeness (QED) is 0.916. The number of nitrogens with zero attached hydrogens (tertiary/aromatic N) is 3. The van der Waals surface area contributed by atoms with E-state index in [1.165, 1.54) is 0 Å². The molecule has 5 heteroatoms. The maximum absolute atomic E-state index is 11.3. The van der Waals surface area contributed by atoms with E-state index in [2.05, 4.69) is 10.1 Å². The number of pyridine rings is 1. The number of carboxylic acid groups (broad SMARTS) is 1. The number of aryl methyl sites for hydroxylation is 3. The van der Waals surface area contributed by atoms with E-state index in [0.29, 0.717) is 17.7 Å². The summed E-state index contributed by atoms with van der Waals surface area (Å²) in [5.41, 5.74) is 4.73. The van der Waals surface area contributed by atoms with Crippen LogP contribution < -0.4 is 0 Å². The Hall–Kier alpha value is -2.17. The van der Waals surface area contributed by atoms with Gasteiger partial charge in [0.15, 0.2) is 0 Å². The SMILES string of the molecule is CCCc1nc(-c2c(C)nn(CC)c2C)ccc1C(=O)O. The summed E-state index contributed by atoms with van der Waals surface area (Å²) in [6.45, 7) is 8.85. The van der Waals surface area contributed by atoms with Crippen molar-refractivity contribution in [1.82, 2.24) is 14.8 Å². The number of aromatic nitrogens is 3. The predicted molar refractivity (Wildman–Crippen MR) is 81.6 cm³/mol. The molecule has 0 atom stereocenters. The van der Waals surface area contributed by atoms with Crippen LogP contribution in [0, 0.1) is 13.8 Å². The molecule has 0 radical (unpaired) electrons. The van der Waals surface area contributed by atoms with Crippen LogP contribution in [0.25, 0.3) is 11.3 Å². The van der Waals surface area contributed by atoms with Crippen molar-refractivity contribution in [3.63, 3.8) is 0 Å². The average Bonchev–Trinajstić information content (AvgIpc) is 2.73. The third-order valence-corrected chi connectivity index (χ3v) is 3.63. The van der Waals surface area contributed by atoms with Crippen LogP contribution in [-0.4, -0.2) is 25.8 Å². The summed E-state index contributed by atoms with van der Waals surface area (Å²) in [7, 11) is 0. The molecule has 0 bridgehead atoms. The number of carboxylic acids is 1. The van der Waals surface area contributed by atoms with E-state index in [4.69, 9.17) is 0 Å². The molecule has 0 aliphatic carbocycles. The van der Waals surface area contributed by atoms with Gasteiger partial charge in [-0.3, -0.25) is 9.67 Å². The highest BCUT2D eigenvalue weighted by atomic mass is 16.4. The summed E-state index contributed by atoms with van der Waals surface area (Å²) in [6, 6.07) is 3.43. The third-order valence-electron chi connectivity index (χ3n) is 3.63. The van der Waals surface area contributed by atoms with Crippen molar-refractivity contribution in [3.8, 4) is 11.3 Å². The molecule has 2 heterocycles. The van der Waals surface area contributed by atoms with Crippen molar-refractivity contribution in [2.75, 3.05) is 0 Å². The minimum atomic E-state index is -0.921. The fraction of sp³-hybridized carbons (Fsp3) is 0.438. The van der Waals surface area contributed by atoms with Crippen LogP contribution >= 0.6 is 0 Å². The van der Waals surface area contributed by atoms with Gasteiger partial charge in [0.2, 0.25) is 0 Å². The first-order chi connectivity index (χ1) is 9.99. The Morgan fingerprint density at radius 3 is 2.52 bits per heavy atom. The van der Waals surface area contributed by atoms with Gasteiger partial charge in [-0.15, -0.1) is 0 Å². The predicted octanol–water partition coefficient (Wildman–Crippen LogP) is 3.23. The molecule has 0 aliphatic rings. The molecule has 112 valence electrons. The molecule has 0 aliphatic heterocycles. The van der Waals surface area contributed by atoms with E-state index >= 15 is 0 Å². The molecule has 2 aromatic rings. The monoisotopic (exact) mass is 287 g/mol. The fourth-order valence-electron chi connectivity index (χ4n) is 2.64. The number of carbonyl (C=O) groups is 1. The number of rotatable bonds is 5. The number of hydrogen-bond donors (Lipinski definition) is 1. The zero-order valence-corrected chi connectivity index (χ0v) is 13.0. The average molecular weight is 287 g/mol. The molecule has 2 rings (SSSR count). The molecule has 0 fully saturated rings. The second-order valence-electron chi connectivity index (χ2n) is 5.11. The van der Waals surface area contributed by atoms with Gasteiger partial charge in [0.1, 0.15) is 0 Å². The molecule has 0 amide bonds. The van der Waals surface area contributed by atoms with Crippen LogP contribution in [0.2, 0.25) is 0 Å². The smallest absolute Gasteiger partial charge is 0.337 e. The zero-order valence-electron chi connectivity index (χ0n) is 13.0. The van der Waals surface area contributed by atoms with E-state index in [9.17, 15) is 9.90 Å². The van der Waals surface area contributed by atoms with E-state index in [-0.39, 0.29) is 0 Å². The number of aromatic carboxylic acids is 1. The van der Waals surface area contributed by atoms with Gasteiger partial charge in [-0.1, -0.05) is 13.3 Å². The van der Waals surface area contributed by atoms with Gasteiger partial charge in [0, 0.05) is 17.8 Å². The molecule has 21 heavy (non-hydrogen) atoms. The van der Waals surface area contributed by atoms with Crippen LogP contribution in [0.3, 0.4) is 0 Å². The summed E-state index contributed by atoms with van der Waals surface area (Å²) in [5, 5.41) is 13.7. The maximum Gasteiger partial charge on any atom is 0.337 e. The second kappa shape index (κ2) is 6.08. The normalized spacial score (nSPS) is 10.9. The van der Waals surface area contributed by atoms with E-state index in [1.54, 1.807) is 12.1 Å². The van der Waals surface area contributed by atoms with Gasteiger partial charge in [-0.2, -0.15) is 5.10 Å². The van der Waals surface area contributed by atoms with Gasteiger partial charge >= 0.3 is 5.97 Å². The lowest BCUT2D eigenvalue weighted by molar-refractivity contribution is 0.0695. The van der Waals surface area contributed by atoms with Crippen molar-refractivity contribution in [2.24, 2.45) is 0 Å². The zero-order chi connectivity index (χ0) is 15.6. The standard InChI is InChI=1S/C16H21N3O2/c1-5-7-13-12(16(20)21)8-9-14(17-13)15-10(3)18-19(6-2)11(15)4/h8-9H,5-7H2,1-4H3,(H,20,21). The van der Waals surface area contributed by atoms with Gasteiger partial charge in [0.25, 0.3) is 0 Å². The lowest BCUT2D eigenvalue weighted by Gasteiger charge is -2.08. The first-order valence-electron chi connectivity index (χ1n) is 7.27. The highest BCUT2D eigenvalue weighted by Gasteiger charge is 2.17. The molecular weight excluding hydrogens is 266 g/mol. The minimum absolute atomic E-state index is 0.291.